The van der Waals surface area contributed by atoms with Crippen LogP contribution in [0.3, 0.4) is 0 Å². The van der Waals surface area contributed by atoms with E-state index in [1.165, 1.54) is 12.8 Å². The Morgan fingerprint density at radius 1 is 1.50 bits per heavy atom. The van der Waals surface area contributed by atoms with Crippen LogP contribution in [0.15, 0.2) is 21.2 Å². The van der Waals surface area contributed by atoms with E-state index in [2.05, 4.69) is 49.1 Å². The highest BCUT2D eigenvalue weighted by Crippen LogP contribution is 2.36. The van der Waals surface area contributed by atoms with Crippen molar-refractivity contribution < 1.29 is 0 Å². The molecule has 16 heavy (non-hydrogen) atoms. The van der Waals surface area contributed by atoms with E-state index < -0.39 is 0 Å². The van der Waals surface area contributed by atoms with Crippen LogP contribution in [-0.2, 0) is 6.54 Å². The molecule has 0 spiro atoms. The van der Waals surface area contributed by atoms with Gasteiger partial charge in [0.25, 0.3) is 0 Å². The summed E-state index contributed by atoms with van der Waals surface area (Å²) in [6.07, 6.45) is 4.68. The predicted octanol–water partition coefficient (Wildman–Crippen LogP) is 3.74. The van der Waals surface area contributed by atoms with Crippen LogP contribution < -0.4 is 5.32 Å². The Balaban J connectivity index is 1.80. The first kappa shape index (κ1) is 12.5. The minimum Gasteiger partial charge on any atom is -0.311 e. The average molecular weight is 348 g/mol. The molecule has 0 saturated heterocycles. The quantitative estimate of drug-likeness (QED) is 0.877. The van der Waals surface area contributed by atoms with E-state index in [1.54, 1.807) is 0 Å². The molecular weight excluding hydrogens is 332 g/mol. The van der Waals surface area contributed by atoms with E-state index in [9.17, 15) is 0 Å². The van der Waals surface area contributed by atoms with Gasteiger partial charge in [-0.1, -0.05) is 6.92 Å². The van der Waals surface area contributed by atoms with Crippen LogP contribution in [0.2, 0.25) is 0 Å². The number of pyridine rings is 1. The fourth-order valence-corrected chi connectivity index (χ4v) is 2.95. The summed E-state index contributed by atoms with van der Waals surface area (Å²) in [5.74, 6) is 1.77. The zero-order chi connectivity index (χ0) is 11.5. The number of halogens is 2. The van der Waals surface area contributed by atoms with Crippen LogP contribution in [0, 0.1) is 11.8 Å². The summed E-state index contributed by atoms with van der Waals surface area (Å²) in [5, 5.41) is 3.48. The highest BCUT2D eigenvalue weighted by molar-refractivity contribution is 9.11. The summed E-state index contributed by atoms with van der Waals surface area (Å²) >= 11 is 6.93. The van der Waals surface area contributed by atoms with E-state index in [-0.39, 0.29) is 0 Å². The Morgan fingerprint density at radius 3 is 2.88 bits per heavy atom. The highest BCUT2D eigenvalue weighted by atomic mass is 79.9. The lowest BCUT2D eigenvalue weighted by Crippen LogP contribution is -2.22. The van der Waals surface area contributed by atoms with Crippen molar-refractivity contribution in [3.8, 4) is 0 Å². The molecule has 1 N–H and O–H groups in total. The van der Waals surface area contributed by atoms with Gasteiger partial charge in [-0.3, -0.25) is 4.98 Å². The first-order chi connectivity index (χ1) is 7.66. The zero-order valence-corrected chi connectivity index (χ0v) is 12.5. The van der Waals surface area contributed by atoms with Gasteiger partial charge in [0, 0.05) is 21.7 Å². The van der Waals surface area contributed by atoms with Crippen LogP contribution in [0.4, 0.5) is 0 Å². The third-order valence-electron chi connectivity index (χ3n) is 3.07. The lowest BCUT2D eigenvalue weighted by atomic mass is 10.1. The Kier molecular flexibility index (Phi) is 4.39. The molecule has 1 atom stereocenters. The first-order valence-electron chi connectivity index (χ1n) is 5.67. The Hall–Kier alpha value is 0.0700. The molecule has 0 radical (unpaired) electrons. The molecule has 1 aliphatic rings. The molecule has 1 aromatic heterocycles. The Bertz CT molecular complexity index is 364. The van der Waals surface area contributed by atoms with Gasteiger partial charge in [0.15, 0.2) is 0 Å². The molecule has 2 nitrogen and oxygen atoms in total. The lowest BCUT2D eigenvalue weighted by Gasteiger charge is -2.11. The molecule has 1 unspecified atom stereocenters. The van der Waals surface area contributed by atoms with Crippen molar-refractivity contribution in [2.75, 3.05) is 6.54 Å². The van der Waals surface area contributed by atoms with Gasteiger partial charge in [0.1, 0.15) is 0 Å². The second-order valence-electron chi connectivity index (χ2n) is 4.53. The summed E-state index contributed by atoms with van der Waals surface area (Å²) in [6.45, 7) is 4.26. The van der Waals surface area contributed by atoms with Gasteiger partial charge in [0.05, 0.1) is 5.69 Å². The van der Waals surface area contributed by atoms with Crippen LogP contribution in [0.1, 0.15) is 25.5 Å². The predicted molar refractivity (Wildman–Crippen MR) is 73.2 cm³/mol. The van der Waals surface area contributed by atoms with Crippen LogP contribution >= 0.6 is 31.9 Å². The largest absolute Gasteiger partial charge is 0.311 e. The zero-order valence-electron chi connectivity index (χ0n) is 9.34. The SMILES string of the molecule is CC(CNCc1ncc(Br)cc1Br)C1CC1. The number of rotatable bonds is 5. The van der Waals surface area contributed by atoms with E-state index >= 15 is 0 Å². The fourth-order valence-electron chi connectivity index (χ4n) is 1.82. The minimum atomic E-state index is 0.800. The van der Waals surface area contributed by atoms with Crippen molar-refractivity contribution in [2.24, 2.45) is 11.8 Å². The van der Waals surface area contributed by atoms with Gasteiger partial charge in [-0.25, -0.2) is 0 Å². The van der Waals surface area contributed by atoms with Crippen molar-refractivity contribution >= 4 is 31.9 Å². The van der Waals surface area contributed by atoms with Gasteiger partial charge in [-0.2, -0.15) is 0 Å². The topological polar surface area (TPSA) is 24.9 Å². The minimum absolute atomic E-state index is 0.800. The molecule has 1 aliphatic carbocycles. The molecule has 2 rings (SSSR count). The van der Waals surface area contributed by atoms with Gasteiger partial charge in [-0.05, 0) is 69.1 Å². The first-order valence-corrected chi connectivity index (χ1v) is 7.26. The molecule has 0 aromatic carbocycles. The maximum Gasteiger partial charge on any atom is 0.0684 e. The molecular formula is C12H16Br2N2. The molecule has 0 aliphatic heterocycles. The van der Waals surface area contributed by atoms with Gasteiger partial charge in [-0.15, -0.1) is 0 Å². The number of nitrogens with zero attached hydrogens (tertiary/aromatic N) is 1. The average Bonchev–Trinajstić information content (AvgIpc) is 3.04. The standard InChI is InChI=1S/C12H16Br2N2/c1-8(9-2-3-9)5-15-7-12-11(14)4-10(13)6-16-12/h4,6,8-9,15H,2-3,5,7H2,1H3. The third-order valence-corrected chi connectivity index (χ3v) is 4.19. The van der Waals surface area contributed by atoms with E-state index in [0.29, 0.717) is 0 Å². The summed E-state index contributed by atoms with van der Waals surface area (Å²) < 4.78 is 2.07. The number of nitrogens with one attached hydrogen (secondary N) is 1. The van der Waals surface area contributed by atoms with Crippen LogP contribution in [0.25, 0.3) is 0 Å². The second-order valence-corrected chi connectivity index (χ2v) is 6.30. The highest BCUT2D eigenvalue weighted by Gasteiger charge is 2.27. The molecule has 1 saturated carbocycles. The molecule has 0 bridgehead atoms. The summed E-state index contributed by atoms with van der Waals surface area (Å²) in [6, 6.07) is 2.04. The van der Waals surface area contributed by atoms with Crippen molar-refractivity contribution in [2.45, 2.75) is 26.3 Å². The normalized spacial score (nSPS) is 17.4. The molecule has 1 aromatic rings. The smallest absolute Gasteiger partial charge is 0.0684 e. The number of aromatic nitrogens is 1. The fraction of sp³-hybridized carbons (Fsp3) is 0.583. The molecule has 4 heteroatoms. The van der Waals surface area contributed by atoms with E-state index in [1.807, 2.05) is 12.3 Å². The number of hydrogen-bond donors (Lipinski definition) is 1. The van der Waals surface area contributed by atoms with Crippen molar-refractivity contribution in [3.63, 3.8) is 0 Å². The molecule has 88 valence electrons. The van der Waals surface area contributed by atoms with Crippen molar-refractivity contribution in [3.05, 3.63) is 26.9 Å². The van der Waals surface area contributed by atoms with E-state index in [4.69, 9.17) is 0 Å². The summed E-state index contributed by atoms with van der Waals surface area (Å²) in [4.78, 5) is 4.38. The van der Waals surface area contributed by atoms with Gasteiger partial charge < -0.3 is 5.32 Å². The Labute approximate surface area is 113 Å². The lowest BCUT2D eigenvalue weighted by molar-refractivity contribution is 0.459. The van der Waals surface area contributed by atoms with Gasteiger partial charge >= 0.3 is 0 Å². The Morgan fingerprint density at radius 2 is 2.25 bits per heavy atom. The summed E-state index contributed by atoms with van der Waals surface area (Å²) in [5.41, 5.74) is 1.08. The van der Waals surface area contributed by atoms with Crippen LogP contribution in [0.5, 0.6) is 0 Å². The second kappa shape index (κ2) is 5.61. The molecule has 1 fully saturated rings. The van der Waals surface area contributed by atoms with Gasteiger partial charge in [0.2, 0.25) is 0 Å². The third kappa shape index (κ3) is 3.54. The summed E-state index contributed by atoms with van der Waals surface area (Å²) in [7, 11) is 0. The van der Waals surface area contributed by atoms with Crippen molar-refractivity contribution in [1.29, 1.82) is 0 Å². The maximum atomic E-state index is 4.38. The monoisotopic (exact) mass is 346 g/mol. The number of hydrogen-bond acceptors (Lipinski definition) is 2. The van der Waals surface area contributed by atoms with Crippen LogP contribution in [-0.4, -0.2) is 11.5 Å². The van der Waals surface area contributed by atoms with E-state index in [0.717, 1.165) is 39.6 Å². The van der Waals surface area contributed by atoms with Crippen molar-refractivity contribution in [1.82, 2.24) is 10.3 Å². The molecule has 0 amide bonds. The molecule has 1 heterocycles. The maximum absolute atomic E-state index is 4.38.